The molecule has 0 amide bonds. The molecule has 0 radical (unpaired) electrons. The molecule has 7 heteroatoms. The molecule has 1 atom stereocenters. The highest BCUT2D eigenvalue weighted by Crippen LogP contribution is 2.53. The number of para-hydroxylation sites is 1. The molecule has 1 aliphatic rings. The van der Waals surface area contributed by atoms with E-state index in [2.05, 4.69) is 27.6 Å². The maximum atomic E-state index is 13.5. The summed E-state index contributed by atoms with van der Waals surface area (Å²) in [5.41, 5.74) is 6.89. The number of anilines is 1. The van der Waals surface area contributed by atoms with Crippen molar-refractivity contribution in [1.29, 1.82) is 0 Å². The summed E-state index contributed by atoms with van der Waals surface area (Å²) in [5, 5.41) is 22.7. The number of aryl methyl sites for hydroxylation is 1. The van der Waals surface area contributed by atoms with Crippen molar-refractivity contribution < 1.29 is 18.7 Å². The Morgan fingerprint density at radius 1 is 1.14 bits per heavy atom. The lowest BCUT2D eigenvalue weighted by Gasteiger charge is -2.18. The molecule has 0 saturated heterocycles. The quantitative estimate of drug-likeness (QED) is 0.254. The Labute approximate surface area is 213 Å². The van der Waals surface area contributed by atoms with Crippen LogP contribution in [0.3, 0.4) is 0 Å². The predicted molar refractivity (Wildman–Crippen MR) is 141 cm³/mol. The number of furan rings is 1. The Bertz CT molecular complexity index is 1650. The average Bonchev–Trinajstić information content (AvgIpc) is 3.57. The minimum Gasteiger partial charge on any atom is -0.478 e. The molecule has 0 bridgehead atoms. The maximum absolute atomic E-state index is 13.5. The molecule has 2 N–H and O–H groups in total. The van der Waals surface area contributed by atoms with Crippen LogP contribution in [0.25, 0.3) is 22.1 Å². The average molecular weight is 496 g/mol. The topological polar surface area (TPSA) is 88.2 Å². The first-order valence-electron chi connectivity index (χ1n) is 12.4. The Balaban J connectivity index is 1.44. The zero-order valence-corrected chi connectivity index (χ0v) is 20.6. The van der Waals surface area contributed by atoms with Gasteiger partial charge in [-0.1, -0.05) is 30.3 Å². The second-order valence-corrected chi connectivity index (χ2v) is 10.1. The molecular weight excluding hydrogens is 469 g/mol. The van der Waals surface area contributed by atoms with E-state index in [0.29, 0.717) is 11.3 Å². The van der Waals surface area contributed by atoms with Gasteiger partial charge in [0, 0.05) is 27.6 Å². The third kappa shape index (κ3) is 4.10. The van der Waals surface area contributed by atoms with Gasteiger partial charge in [-0.2, -0.15) is 5.10 Å². The van der Waals surface area contributed by atoms with Gasteiger partial charge in [0.25, 0.3) is 0 Å². The molecule has 1 aliphatic carbocycles. The van der Waals surface area contributed by atoms with Gasteiger partial charge in [0.05, 0.1) is 17.8 Å². The monoisotopic (exact) mass is 495 g/mol. The van der Waals surface area contributed by atoms with Gasteiger partial charge in [0.15, 0.2) is 5.58 Å². The number of hydrogen-bond donors (Lipinski definition) is 2. The first kappa shape index (κ1) is 23.2. The molecule has 2 aromatic heterocycles. The van der Waals surface area contributed by atoms with Crippen molar-refractivity contribution in [3.8, 4) is 0 Å². The van der Waals surface area contributed by atoms with E-state index in [0.717, 1.165) is 58.0 Å². The number of nitrogens with zero attached hydrogens (tertiary/aromatic N) is 2. The van der Waals surface area contributed by atoms with Crippen molar-refractivity contribution in [2.24, 2.45) is 0 Å². The smallest absolute Gasteiger partial charge is 0.337 e. The predicted octanol–water partition coefficient (Wildman–Crippen LogP) is 6.97. The molecule has 0 unspecified atom stereocenters. The lowest BCUT2D eigenvalue weighted by Crippen LogP contribution is -2.12. The number of benzene rings is 3. The third-order valence-electron chi connectivity index (χ3n) is 7.40. The molecule has 2 heterocycles. The van der Waals surface area contributed by atoms with Crippen LogP contribution in [0.5, 0.6) is 0 Å². The number of halogens is 1. The molecule has 5 aromatic rings. The SMILES string of the molecule is Cc1cc([C@@H](C)Nc2ccccc2C(=O)O)c2oc3c(C4(Cc5ccc(F)cc5)CC4)cnnc3c2c1. The zero-order valence-electron chi connectivity index (χ0n) is 20.6. The van der Waals surface area contributed by atoms with E-state index in [1.54, 1.807) is 24.4 Å². The summed E-state index contributed by atoms with van der Waals surface area (Å²) in [6.45, 7) is 4.01. The summed E-state index contributed by atoms with van der Waals surface area (Å²) in [6, 6.07) is 17.4. The molecule has 1 fully saturated rings. The third-order valence-corrected chi connectivity index (χ3v) is 7.40. The summed E-state index contributed by atoms with van der Waals surface area (Å²) in [7, 11) is 0. The summed E-state index contributed by atoms with van der Waals surface area (Å²) in [4.78, 5) is 11.7. The number of carboxylic acids is 1. The summed E-state index contributed by atoms with van der Waals surface area (Å²) in [5.74, 6) is -1.22. The molecule has 186 valence electrons. The lowest BCUT2D eigenvalue weighted by molar-refractivity contribution is 0.0698. The van der Waals surface area contributed by atoms with E-state index in [4.69, 9.17) is 4.42 Å². The first-order valence-corrected chi connectivity index (χ1v) is 12.4. The van der Waals surface area contributed by atoms with E-state index in [9.17, 15) is 14.3 Å². The highest BCUT2D eigenvalue weighted by Gasteiger charge is 2.46. The number of fused-ring (bicyclic) bond motifs is 3. The number of aromatic nitrogens is 2. The van der Waals surface area contributed by atoms with E-state index in [1.165, 1.54) is 12.1 Å². The highest BCUT2D eigenvalue weighted by atomic mass is 19.1. The fraction of sp³-hybridized carbons (Fsp3) is 0.233. The molecule has 3 aromatic carbocycles. The van der Waals surface area contributed by atoms with Crippen molar-refractivity contribution in [1.82, 2.24) is 10.2 Å². The van der Waals surface area contributed by atoms with Crippen LogP contribution in [0.2, 0.25) is 0 Å². The Hall–Kier alpha value is -4.26. The van der Waals surface area contributed by atoms with Crippen LogP contribution >= 0.6 is 0 Å². The van der Waals surface area contributed by atoms with E-state index in [1.807, 2.05) is 32.0 Å². The molecule has 0 aliphatic heterocycles. The van der Waals surface area contributed by atoms with E-state index >= 15 is 0 Å². The van der Waals surface area contributed by atoms with Gasteiger partial charge >= 0.3 is 5.97 Å². The molecule has 6 nitrogen and oxygen atoms in total. The van der Waals surface area contributed by atoms with Crippen LogP contribution in [-0.2, 0) is 11.8 Å². The van der Waals surface area contributed by atoms with Crippen LogP contribution in [0.1, 0.15) is 58.4 Å². The number of carboxylic acid groups (broad SMARTS) is 1. The van der Waals surface area contributed by atoms with E-state index in [-0.39, 0.29) is 22.8 Å². The maximum Gasteiger partial charge on any atom is 0.337 e. The van der Waals surface area contributed by atoms with Crippen molar-refractivity contribution in [2.75, 3.05) is 5.32 Å². The standard InChI is InChI=1S/C30H26FN3O3/c1-17-13-22(18(2)33-25-6-4-3-5-21(25)29(35)36)27-23(14-17)26-28(37-27)24(16-32-34-26)30(11-12-30)15-19-7-9-20(31)10-8-19/h3-10,13-14,16,18,33H,11-12,15H2,1-2H3,(H,35,36)/t18-/m1/s1. The summed E-state index contributed by atoms with van der Waals surface area (Å²) < 4.78 is 20.0. The second kappa shape index (κ2) is 8.69. The van der Waals surface area contributed by atoms with Gasteiger partial charge in [0.1, 0.15) is 16.9 Å². The van der Waals surface area contributed by atoms with Crippen molar-refractivity contribution in [2.45, 2.75) is 44.6 Å². The highest BCUT2D eigenvalue weighted by molar-refractivity contribution is 6.05. The van der Waals surface area contributed by atoms with Gasteiger partial charge in [-0.15, -0.1) is 5.10 Å². The minimum atomic E-state index is -0.982. The van der Waals surface area contributed by atoms with Gasteiger partial charge in [0.2, 0.25) is 0 Å². The molecule has 37 heavy (non-hydrogen) atoms. The largest absolute Gasteiger partial charge is 0.478 e. The zero-order chi connectivity index (χ0) is 25.7. The first-order chi connectivity index (χ1) is 17.8. The Morgan fingerprint density at radius 2 is 1.89 bits per heavy atom. The normalized spacial score (nSPS) is 15.1. The number of carbonyl (C=O) groups is 1. The molecule has 6 rings (SSSR count). The number of aromatic carboxylic acids is 1. The number of nitrogens with one attached hydrogen (secondary N) is 1. The van der Waals surface area contributed by atoms with Crippen LogP contribution in [0.4, 0.5) is 10.1 Å². The lowest BCUT2D eigenvalue weighted by atomic mass is 9.89. The number of hydrogen-bond acceptors (Lipinski definition) is 5. The van der Waals surface area contributed by atoms with Gasteiger partial charge in [-0.05, 0) is 74.6 Å². The van der Waals surface area contributed by atoms with Crippen LogP contribution in [0, 0.1) is 12.7 Å². The van der Waals surface area contributed by atoms with Crippen molar-refractivity contribution >= 4 is 33.7 Å². The Morgan fingerprint density at radius 3 is 2.62 bits per heavy atom. The summed E-state index contributed by atoms with van der Waals surface area (Å²) in [6.07, 6.45) is 4.58. The van der Waals surface area contributed by atoms with Crippen molar-refractivity contribution in [3.05, 3.63) is 100 Å². The second-order valence-electron chi connectivity index (χ2n) is 10.1. The fourth-order valence-corrected chi connectivity index (χ4v) is 5.34. The van der Waals surface area contributed by atoms with E-state index < -0.39 is 5.97 Å². The van der Waals surface area contributed by atoms with Crippen LogP contribution in [-0.4, -0.2) is 21.3 Å². The Kier molecular flexibility index (Phi) is 5.44. The van der Waals surface area contributed by atoms with Gasteiger partial charge < -0.3 is 14.8 Å². The molecule has 0 spiro atoms. The van der Waals surface area contributed by atoms with Gasteiger partial charge in [-0.3, -0.25) is 0 Å². The molecule has 1 saturated carbocycles. The van der Waals surface area contributed by atoms with Crippen LogP contribution in [0.15, 0.2) is 71.3 Å². The van der Waals surface area contributed by atoms with Crippen molar-refractivity contribution in [3.63, 3.8) is 0 Å². The van der Waals surface area contributed by atoms with Gasteiger partial charge in [-0.25, -0.2) is 9.18 Å². The molecular formula is C30H26FN3O3. The minimum absolute atomic E-state index is 0.112. The fourth-order valence-electron chi connectivity index (χ4n) is 5.34. The number of rotatable bonds is 7. The summed E-state index contributed by atoms with van der Waals surface area (Å²) >= 11 is 0. The van der Waals surface area contributed by atoms with Crippen LogP contribution < -0.4 is 5.32 Å².